The first-order valence-corrected chi connectivity index (χ1v) is 5.10. The molecule has 1 atom stereocenters. The molecular formula is C11H23N. The Morgan fingerprint density at radius 2 is 1.83 bits per heavy atom. The minimum atomic E-state index is 0.442. The second-order valence-corrected chi connectivity index (χ2v) is 5.55. The molecule has 0 heterocycles. The zero-order valence-corrected chi connectivity index (χ0v) is 9.22. The molecule has 12 heavy (non-hydrogen) atoms. The van der Waals surface area contributed by atoms with E-state index in [4.69, 9.17) is 0 Å². The molecule has 72 valence electrons. The standard InChI is InChI=1S/C11H23N/c1-9(10-6-7-10)12(5)8-11(2,3)4/h9-10H,6-8H2,1-5H3/t9-/m1/s1. The van der Waals surface area contributed by atoms with E-state index in [0.29, 0.717) is 5.41 Å². The van der Waals surface area contributed by atoms with E-state index in [1.54, 1.807) is 0 Å². The Labute approximate surface area is 77.1 Å². The molecule has 1 aliphatic carbocycles. The van der Waals surface area contributed by atoms with Crippen molar-refractivity contribution in [3.05, 3.63) is 0 Å². The van der Waals surface area contributed by atoms with Gasteiger partial charge in [0.1, 0.15) is 0 Å². The van der Waals surface area contributed by atoms with Crippen molar-refractivity contribution in [3.8, 4) is 0 Å². The SMILES string of the molecule is C[C@H](C1CC1)N(C)CC(C)(C)C. The van der Waals surface area contributed by atoms with E-state index < -0.39 is 0 Å². The number of hydrogen-bond donors (Lipinski definition) is 0. The van der Waals surface area contributed by atoms with Crippen LogP contribution in [0.5, 0.6) is 0 Å². The van der Waals surface area contributed by atoms with Crippen LogP contribution in [-0.2, 0) is 0 Å². The van der Waals surface area contributed by atoms with Gasteiger partial charge in [0.2, 0.25) is 0 Å². The van der Waals surface area contributed by atoms with Crippen LogP contribution in [0.3, 0.4) is 0 Å². The molecule has 1 fully saturated rings. The lowest BCUT2D eigenvalue weighted by Gasteiger charge is -2.31. The summed E-state index contributed by atoms with van der Waals surface area (Å²) in [5, 5.41) is 0. The molecule has 0 spiro atoms. The molecule has 0 saturated heterocycles. The molecule has 1 heteroatoms. The van der Waals surface area contributed by atoms with Gasteiger partial charge in [-0.2, -0.15) is 0 Å². The van der Waals surface area contributed by atoms with Crippen molar-refractivity contribution in [2.45, 2.75) is 46.6 Å². The normalized spacial score (nSPS) is 21.5. The van der Waals surface area contributed by atoms with Crippen LogP contribution in [0.4, 0.5) is 0 Å². The van der Waals surface area contributed by atoms with E-state index in [-0.39, 0.29) is 0 Å². The van der Waals surface area contributed by atoms with Crippen molar-refractivity contribution in [3.63, 3.8) is 0 Å². The summed E-state index contributed by atoms with van der Waals surface area (Å²) in [4.78, 5) is 2.51. The average Bonchev–Trinajstić information content (AvgIpc) is 2.62. The fourth-order valence-electron chi connectivity index (χ4n) is 1.83. The van der Waals surface area contributed by atoms with Crippen molar-refractivity contribution in [2.75, 3.05) is 13.6 Å². The van der Waals surface area contributed by atoms with Crippen molar-refractivity contribution in [1.82, 2.24) is 4.90 Å². The maximum absolute atomic E-state index is 2.51. The molecule has 0 aromatic rings. The summed E-state index contributed by atoms with van der Waals surface area (Å²) in [7, 11) is 2.26. The molecule has 0 bridgehead atoms. The van der Waals surface area contributed by atoms with E-state index in [1.165, 1.54) is 19.4 Å². The van der Waals surface area contributed by atoms with Gasteiger partial charge in [0.25, 0.3) is 0 Å². The smallest absolute Gasteiger partial charge is 0.00923 e. The monoisotopic (exact) mass is 169 g/mol. The van der Waals surface area contributed by atoms with Crippen LogP contribution in [0, 0.1) is 11.3 Å². The van der Waals surface area contributed by atoms with Crippen LogP contribution < -0.4 is 0 Å². The van der Waals surface area contributed by atoms with E-state index >= 15 is 0 Å². The van der Waals surface area contributed by atoms with Crippen LogP contribution in [-0.4, -0.2) is 24.5 Å². The third kappa shape index (κ3) is 3.14. The Bertz CT molecular complexity index is 142. The van der Waals surface area contributed by atoms with Gasteiger partial charge in [-0.25, -0.2) is 0 Å². The van der Waals surface area contributed by atoms with Gasteiger partial charge in [-0.15, -0.1) is 0 Å². The summed E-state index contributed by atoms with van der Waals surface area (Å²) >= 11 is 0. The predicted molar refractivity (Wildman–Crippen MR) is 54.3 cm³/mol. The van der Waals surface area contributed by atoms with Crippen LogP contribution in [0.2, 0.25) is 0 Å². The fraction of sp³-hybridized carbons (Fsp3) is 1.00. The summed E-state index contributed by atoms with van der Waals surface area (Å²) in [5.41, 5.74) is 0.442. The zero-order chi connectivity index (χ0) is 9.35. The summed E-state index contributed by atoms with van der Waals surface area (Å²) in [6, 6.07) is 0.796. The predicted octanol–water partition coefficient (Wildman–Crippen LogP) is 2.76. The maximum Gasteiger partial charge on any atom is 0.00923 e. The second-order valence-electron chi connectivity index (χ2n) is 5.55. The third-order valence-electron chi connectivity index (χ3n) is 2.72. The number of rotatable bonds is 3. The third-order valence-corrected chi connectivity index (χ3v) is 2.72. The molecule has 0 aromatic heterocycles. The van der Waals surface area contributed by atoms with Crippen molar-refractivity contribution < 1.29 is 0 Å². The largest absolute Gasteiger partial charge is 0.303 e. The lowest BCUT2D eigenvalue weighted by atomic mass is 9.95. The number of nitrogens with zero attached hydrogens (tertiary/aromatic N) is 1. The highest BCUT2D eigenvalue weighted by Crippen LogP contribution is 2.35. The average molecular weight is 169 g/mol. The van der Waals surface area contributed by atoms with Gasteiger partial charge in [-0.3, -0.25) is 0 Å². The molecule has 1 aliphatic rings. The van der Waals surface area contributed by atoms with Gasteiger partial charge < -0.3 is 4.90 Å². The first kappa shape index (κ1) is 10.0. The van der Waals surface area contributed by atoms with E-state index in [0.717, 1.165) is 12.0 Å². The van der Waals surface area contributed by atoms with Gasteiger partial charge in [0.05, 0.1) is 0 Å². The van der Waals surface area contributed by atoms with Crippen LogP contribution in [0.15, 0.2) is 0 Å². The molecule has 0 radical (unpaired) electrons. The minimum absolute atomic E-state index is 0.442. The summed E-state index contributed by atoms with van der Waals surface area (Å²) in [5.74, 6) is 0.998. The summed E-state index contributed by atoms with van der Waals surface area (Å²) < 4.78 is 0. The molecule has 0 aliphatic heterocycles. The van der Waals surface area contributed by atoms with Gasteiger partial charge in [0.15, 0.2) is 0 Å². The Morgan fingerprint density at radius 1 is 1.33 bits per heavy atom. The second kappa shape index (κ2) is 3.37. The van der Waals surface area contributed by atoms with Crippen LogP contribution in [0.25, 0.3) is 0 Å². The molecule has 0 N–H and O–H groups in total. The van der Waals surface area contributed by atoms with Gasteiger partial charge in [-0.1, -0.05) is 20.8 Å². The van der Waals surface area contributed by atoms with Crippen LogP contribution in [0.1, 0.15) is 40.5 Å². The lowest BCUT2D eigenvalue weighted by Crippen LogP contribution is -2.37. The highest BCUT2D eigenvalue weighted by Gasteiger charge is 2.31. The molecule has 0 unspecified atom stereocenters. The molecule has 1 rings (SSSR count). The minimum Gasteiger partial charge on any atom is -0.303 e. The zero-order valence-electron chi connectivity index (χ0n) is 9.22. The Hall–Kier alpha value is -0.0400. The van der Waals surface area contributed by atoms with E-state index in [9.17, 15) is 0 Å². The Balaban J connectivity index is 2.31. The first-order chi connectivity index (χ1) is 5.40. The number of hydrogen-bond acceptors (Lipinski definition) is 1. The van der Waals surface area contributed by atoms with Crippen molar-refractivity contribution in [1.29, 1.82) is 0 Å². The quantitative estimate of drug-likeness (QED) is 0.628. The molecule has 0 amide bonds. The molecular weight excluding hydrogens is 146 g/mol. The van der Waals surface area contributed by atoms with Gasteiger partial charge in [0, 0.05) is 12.6 Å². The van der Waals surface area contributed by atoms with Crippen LogP contribution >= 0.6 is 0 Å². The Morgan fingerprint density at radius 3 is 2.17 bits per heavy atom. The van der Waals surface area contributed by atoms with E-state index in [1.807, 2.05) is 0 Å². The van der Waals surface area contributed by atoms with E-state index in [2.05, 4.69) is 39.6 Å². The van der Waals surface area contributed by atoms with Gasteiger partial charge in [-0.05, 0) is 38.1 Å². The highest BCUT2D eigenvalue weighted by molar-refractivity contribution is 4.85. The maximum atomic E-state index is 2.51. The highest BCUT2D eigenvalue weighted by atomic mass is 15.1. The first-order valence-electron chi connectivity index (χ1n) is 5.10. The Kier molecular flexibility index (Phi) is 2.82. The summed E-state index contributed by atoms with van der Waals surface area (Å²) in [6.07, 6.45) is 2.91. The molecule has 0 aromatic carbocycles. The molecule has 1 nitrogen and oxygen atoms in total. The van der Waals surface area contributed by atoms with Crippen molar-refractivity contribution >= 4 is 0 Å². The fourth-order valence-corrected chi connectivity index (χ4v) is 1.83. The van der Waals surface area contributed by atoms with Gasteiger partial charge >= 0.3 is 0 Å². The van der Waals surface area contributed by atoms with Crippen molar-refractivity contribution in [2.24, 2.45) is 11.3 Å². The lowest BCUT2D eigenvalue weighted by molar-refractivity contribution is 0.167. The summed E-state index contributed by atoms with van der Waals surface area (Å²) in [6.45, 7) is 10.5. The molecule has 1 saturated carbocycles. The topological polar surface area (TPSA) is 3.24 Å².